The normalized spacial score (nSPS) is 14.2. The second-order valence-electron chi connectivity index (χ2n) is 8.31. The summed E-state index contributed by atoms with van der Waals surface area (Å²) in [6.45, 7) is 7.00. The van der Waals surface area contributed by atoms with E-state index in [-0.39, 0.29) is 6.71 Å². The molecule has 0 aliphatic carbocycles. The summed E-state index contributed by atoms with van der Waals surface area (Å²) < 4.78 is 0. The average Bonchev–Trinajstić information content (AvgIpc) is 2.76. The van der Waals surface area contributed by atoms with Crippen LogP contribution >= 0.6 is 5.51 Å². The van der Waals surface area contributed by atoms with Crippen LogP contribution in [0.5, 0.6) is 0 Å². The molecule has 1 heterocycles. The molecule has 30 heavy (non-hydrogen) atoms. The van der Waals surface area contributed by atoms with E-state index in [0.29, 0.717) is 0 Å². The Morgan fingerprint density at radius 2 is 1.10 bits per heavy atom. The van der Waals surface area contributed by atoms with Crippen molar-refractivity contribution in [3.8, 4) is 0 Å². The molecule has 4 aromatic carbocycles. The van der Waals surface area contributed by atoms with E-state index in [2.05, 4.69) is 127 Å². The summed E-state index contributed by atoms with van der Waals surface area (Å²) in [6, 6.07) is 33.9. The van der Waals surface area contributed by atoms with E-state index in [1.807, 2.05) is 0 Å². The first-order chi connectivity index (χ1) is 14.5. The van der Waals surface area contributed by atoms with Gasteiger partial charge in [0.1, 0.15) is 0 Å². The Morgan fingerprint density at radius 3 is 1.63 bits per heavy atom. The van der Waals surface area contributed by atoms with E-state index in [9.17, 15) is 0 Å². The van der Waals surface area contributed by atoms with Crippen molar-refractivity contribution < 1.29 is 0 Å². The summed E-state index contributed by atoms with van der Waals surface area (Å²) in [5.74, 6) is 0. The van der Waals surface area contributed by atoms with Gasteiger partial charge in [0.15, 0.2) is 0 Å². The fourth-order valence-electron chi connectivity index (χ4n) is 5.21. The Morgan fingerprint density at radius 1 is 0.633 bits per heavy atom. The van der Waals surface area contributed by atoms with Crippen molar-refractivity contribution in [2.75, 3.05) is 0 Å². The van der Waals surface area contributed by atoms with E-state index < -0.39 is 5.51 Å². The Kier molecular flexibility index (Phi) is 4.99. The SMILES string of the molecule is Cc1cc(C)c(B2c3ccccc3P(=[Se])(c3ccccc3)c3ccccc32)c(C)c1. The number of rotatable bonds is 2. The summed E-state index contributed by atoms with van der Waals surface area (Å²) in [5, 5.41) is 4.35. The molecule has 3 heteroatoms. The van der Waals surface area contributed by atoms with Gasteiger partial charge in [-0.1, -0.05) is 0 Å². The Labute approximate surface area is 187 Å². The fraction of sp³-hybridized carbons (Fsp3) is 0.111. The molecule has 1 aliphatic rings. The Balaban J connectivity index is 1.89. The van der Waals surface area contributed by atoms with Crippen LogP contribution in [0.15, 0.2) is 91.0 Å². The Bertz CT molecular complexity index is 1240. The maximum absolute atomic E-state index is 3.74. The zero-order valence-electron chi connectivity index (χ0n) is 17.6. The summed E-state index contributed by atoms with van der Waals surface area (Å²) in [6.07, 6.45) is 0. The molecule has 0 N–H and O–H groups in total. The van der Waals surface area contributed by atoms with E-state index in [1.54, 1.807) is 0 Å². The van der Waals surface area contributed by atoms with Crippen molar-refractivity contribution in [2.24, 2.45) is 0 Å². The molecule has 0 atom stereocenters. The van der Waals surface area contributed by atoms with Gasteiger partial charge < -0.3 is 0 Å². The van der Waals surface area contributed by atoms with Crippen molar-refractivity contribution in [2.45, 2.75) is 20.8 Å². The van der Waals surface area contributed by atoms with E-state index in [0.717, 1.165) is 0 Å². The second-order valence-corrected chi connectivity index (χ2v) is 14.5. The third-order valence-electron chi connectivity index (χ3n) is 6.32. The molecular weight excluding hydrogens is 445 g/mol. The van der Waals surface area contributed by atoms with Gasteiger partial charge in [-0.05, 0) is 0 Å². The molecule has 0 fully saturated rings. The van der Waals surface area contributed by atoms with E-state index >= 15 is 0 Å². The molecule has 0 aromatic heterocycles. The summed E-state index contributed by atoms with van der Waals surface area (Å²) in [5.41, 5.74) is 6.63. The van der Waals surface area contributed by atoms with E-state index in [1.165, 1.54) is 49.0 Å². The second kappa shape index (κ2) is 7.54. The van der Waals surface area contributed by atoms with Crippen LogP contribution < -0.4 is 32.3 Å². The maximum atomic E-state index is 3.74. The van der Waals surface area contributed by atoms with Gasteiger partial charge in [-0.25, -0.2) is 0 Å². The number of benzene rings is 4. The molecule has 0 saturated heterocycles. The fourth-order valence-corrected chi connectivity index (χ4v) is 11.2. The third kappa shape index (κ3) is 2.94. The molecule has 0 nitrogen and oxygen atoms in total. The van der Waals surface area contributed by atoms with Gasteiger partial charge in [0, 0.05) is 0 Å². The van der Waals surface area contributed by atoms with Crippen LogP contribution in [0.2, 0.25) is 0 Å². The molecule has 0 amide bonds. The summed E-state index contributed by atoms with van der Waals surface area (Å²) in [4.78, 5) is 0. The van der Waals surface area contributed by atoms with Crippen molar-refractivity contribution in [1.29, 1.82) is 0 Å². The van der Waals surface area contributed by atoms with Crippen LogP contribution in [0, 0.1) is 20.8 Å². The van der Waals surface area contributed by atoms with Crippen molar-refractivity contribution in [3.63, 3.8) is 0 Å². The molecular formula is C27H24BPSe. The average molecular weight is 469 g/mol. The first-order valence-electron chi connectivity index (χ1n) is 10.4. The van der Waals surface area contributed by atoms with Crippen LogP contribution in [0.3, 0.4) is 0 Å². The summed E-state index contributed by atoms with van der Waals surface area (Å²) >= 11 is 3.74. The monoisotopic (exact) mass is 470 g/mol. The topological polar surface area (TPSA) is 0 Å². The van der Waals surface area contributed by atoms with Gasteiger partial charge in [-0.2, -0.15) is 0 Å². The molecule has 0 radical (unpaired) electrons. The van der Waals surface area contributed by atoms with Crippen LogP contribution in [0.4, 0.5) is 0 Å². The zero-order valence-corrected chi connectivity index (χ0v) is 20.2. The molecule has 4 aromatic rings. The van der Waals surface area contributed by atoms with Crippen LogP contribution in [0.1, 0.15) is 16.7 Å². The predicted molar refractivity (Wildman–Crippen MR) is 136 cm³/mol. The zero-order chi connectivity index (χ0) is 20.9. The van der Waals surface area contributed by atoms with E-state index in [4.69, 9.17) is 0 Å². The number of aryl methyl sites for hydroxylation is 3. The molecule has 0 bridgehead atoms. The molecule has 0 saturated carbocycles. The number of fused-ring (bicyclic) bond motifs is 2. The molecule has 0 spiro atoms. The van der Waals surface area contributed by atoms with Crippen LogP contribution in [-0.4, -0.2) is 21.8 Å². The number of hydrogen-bond acceptors (Lipinski definition) is 0. The van der Waals surface area contributed by atoms with Gasteiger partial charge in [0.05, 0.1) is 0 Å². The van der Waals surface area contributed by atoms with Gasteiger partial charge in [-0.3, -0.25) is 0 Å². The first kappa shape index (κ1) is 19.8. The molecule has 146 valence electrons. The van der Waals surface area contributed by atoms with Crippen LogP contribution in [-0.2, 0) is 0 Å². The van der Waals surface area contributed by atoms with Crippen molar-refractivity contribution >= 4 is 59.6 Å². The molecule has 1 aliphatic heterocycles. The standard InChI is InChI=1S/C27H24BPSe/c1-19-17-20(2)27(21(3)18-19)28-23-13-7-9-15-25(23)29(30,22-11-5-4-6-12-22)26-16-10-8-14-24(26)28/h4-18H,1-3H3. The van der Waals surface area contributed by atoms with Gasteiger partial charge in [0.2, 0.25) is 0 Å². The predicted octanol–water partition coefficient (Wildman–Crippen LogP) is 2.82. The Hall–Kier alpha value is -2.11. The van der Waals surface area contributed by atoms with Gasteiger partial charge in [0.25, 0.3) is 0 Å². The third-order valence-corrected chi connectivity index (χ3v) is 13.3. The van der Waals surface area contributed by atoms with Crippen molar-refractivity contribution in [1.82, 2.24) is 0 Å². The number of hydrogen-bond donors (Lipinski definition) is 0. The van der Waals surface area contributed by atoms with Gasteiger partial charge in [-0.15, -0.1) is 0 Å². The van der Waals surface area contributed by atoms with Crippen LogP contribution in [0.25, 0.3) is 0 Å². The molecule has 5 rings (SSSR count). The quantitative estimate of drug-likeness (QED) is 0.276. The minimum atomic E-state index is -1.82. The molecule has 0 unspecified atom stereocenters. The van der Waals surface area contributed by atoms with Crippen molar-refractivity contribution in [3.05, 3.63) is 108 Å². The minimum absolute atomic E-state index is 0.267. The first-order valence-corrected chi connectivity index (χ1v) is 14.4. The van der Waals surface area contributed by atoms with Gasteiger partial charge >= 0.3 is 188 Å². The summed E-state index contributed by atoms with van der Waals surface area (Å²) in [7, 11) is 0.